The van der Waals surface area contributed by atoms with Gasteiger partial charge >= 0.3 is 0 Å². The van der Waals surface area contributed by atoms with Crippen molar-refractivity contribution in [1.29, 1.82) is 0 Å². The van der Waals surface area contributed by atoms with E-state index in [9.17, 15) is 5.11 Å². The quantitative estimate of drug-likeness (QED) is 0.860. The molecule has 3 rings (SSSR count). The molecule has 4 nitrogen and oxygen atoms in total. The van der Waals surface area contributed by atoms with Gasteiger partial charge in [0.05, 0.1) is 13.7 Å². The molecular weight excluding hydrogens is 254 g/mol. The Balaban J connectivity index is 1.49. The number of methoxy groups -OCH3 is 1. The van der Waals surface area contributed by atoms with Crippen molar-refractivity contribution in [3.63, 3.8) is 0 Å². The Morgan fingerprint density at radius 1 is 1.40 bits per heavy atom. The second-order valence-electron chi connectivity index (χ2n) is 6.02. The zero-order valence-corrected chi connectivity index (χ0v) is 12.0. The van der Waals surface area contributed by atoms with E-state index in [0.717, 1.165) is 25.0 Å². The van der Waals surface area contributed by atoms with Crippen LogP contribution in [0, 0.1) is 0 Å². The lowest BCUT2D eigenvalue weighted by molar-refractivity contribution is 0.0216. The lowest BCUT2D eigenvalue weighted by Crippen LogP contribution is -2.48. The zero-order valence-electron chi connectivity index (χ0n) is 12.0. The monoisotopic (exact) mass is 277 g/mol. The highest BCUT2D eigenvalue weighted by atomic mass is 16.5. The molecule has 1 aromatic carbocycles. The molecule has 1 aliphatic carbocycles. The Hall–Kier alpha value is -1.10. The van der Waals surface area contributed by atoms with E-state index in [2.05, 4.69) is 17.4 Å². The zero-order chi connectivity index (χ0) is 14.0. The number of para-hydroxylation sites is 1. The van der Waals surface area contributed by atoms with Crippen molar-refractivity contribution in [3.05, 3.63) is 29.8 Å². The fourth-order valence-corrected chi connectivity index (χ4v) is 3.11. The number of aliphatic hydroxyl groups is 1. The summed E-state index contributed by atoms with van der Waals surface area (Å²) < 4.78 is 10.7. The molecule has 0 radical (unpaired) electrons. The third kappa shape index (κ3) is 2.82. The van der Waals surface area contributed by atoms with Crippen molar-refractivity contribution in [3.8, 4) is 5.75 Å². The average Bonchev–Trinajstić information content (AvgIpc) is 2.84. The summed E-state index contributed by atoms with van der Waals surface area (Å²) in [6.45, 7) is 1.77. The van der Waals surface area contributed by atoms with Crippen LogP contribution in [-0.2, 0) is 4.74 Å². The number of ether oxygens (including phenoxy) is 2. The van der Waals surface area contributed by atoms with E-state index in [1.807, 2.05) is 12.1 Å². The molecule has 2 aliphatic rings. The lowest BCUT2D eigenvalue weighted by Gasteiger charge is -2.38. The minimum absolute atomic E-state index is 0.461. The highest BCUT2D eigenvalue weighted by Crippen LogP contribution is 2.41. The molecule has 1 unspecified atom stereocenters. The van der Waals surface area contributed by atoms with Crippen LogP contribution in [-0.4, -0.2) is 43.6 Å². The van der Waals surface area contributed by atoms with Crippen LogP contribution in [0.15, 0.2) is 24.3 Å². The maximum Gasteiger partial charge on any atom is 0.122 e. The van der Waals surface area contributed by atoms with Gasteiger partial charge in [0, 0.05) is 25.6 Å². The standard InChI is InChI=1S/C16H23NO3/c1-19-15-5-3-2-4-14(15)12-8-13(9-12)17-10-16(18)6-7-20-11-16/h2-5,12-13,17-18H,6-11H2,1H3. The first-order valence-electron chi connectivity index (χ1n) is 7.37. The van der Waals surface area contributed by atoms with Gasteiger partial charge in [-0.1, -0.05) is 18.2 Å². The maximum absolute atomic E-state index is 10.2. The molecular formula is C16H23NO3. The molecule has 0 amide bonds. The highest BCUT2D eigenvalue weighted by molar-refractivity contribution is 5.37. The van der Waals surface area contributed by atoms with Crippen molar-refractivity contribution in [1.82, 2.24) is 5.32 Å². The van der Waals surface area contributed by atoms with E-state index in [0.29, 0.717) is 31.7 Å². The van der Waals surface area contributed by atoms with Crippen LogP contribution < -0.4 is 10.1 Å². The summed E-state index contributed by atoms with van der Waals surface area (Å²) in [6.07, 6.45) is 2.96. The van der Waals surface area contributed by atoms with Crippen LogP contribution in [0.4, 0.5) is 0 Å². The van der Waals surface area contributed by atoms with Gasteiger partial charge in [-0.05, 0) is 30.4 Å². The van der Waals surface area contributed by atoms with E-state index in [1.165, 1.54) is 5.56 Å². The Morgan fingerprint density at radius 3 is 2.90 bits per heavy atom. The van der Waals surface area contributed by atoms with Crippen molar-refractivity contribution < 1.29 is 14.6 Å². The fourth-order valence-electron chi connectivity index (χ4n) is 3.11. The second-order valence-corrected chi connectivity index (χ2v) is 6.02. The normalized spacial score (nSPS) is 32.9. The van der Waals surface area contributed by atoms with Gasteiger partial charge in [-0.3, -0.25) is 0 Å². The third-order valence-corrected chi connectivity index (χ3v) is 4.52. The van der Waals surface area contributed by atoms with Gasteiger partial charge in [-0.15, -0.1) is 0 Å². The largest absolute Gasteiger partial charge is 0.496 e. The van der Waals surface area contributed by atoms with E-state index < -0.39 is 5.60 Å². The van der Waals surface area contributed by atoms with Gasteiger partial charge in [-0.25, -0.2) is 0 Å². The van der Waals surface area contributed by atoms with Gasteiger partial charge in [0.1, 0.15) is 11.4 Å². The second kappa shape index (κ2) is 5.72. The smallest absolute Gasteiger partial charge is 0.122 e. The molecule has 4 heteroatoms. The molecule has 110 valence electrons. The van der Waals surface area contributed by atoms with Crippen molar-refractivity contribution in [2.75, 3.05) is 26.9 Å². The summed E-state index contributed by atoms with van der Waals surface area (Å²) in [4.78, 5) is 0. The predicted octanol–water partition coefficient (Wildman–Crippen LogP) is 1.68. The summed E-state index contributed by atoms with van der Waals surface area (Å²) in [6, 6.07) is 8.74. The Kier molecular flexibility index (Phi) is 3.96. The number of nitrogens with one attached hydrogen (secondary N) is 1. The minimum Gasteiger partial charge on any atom is -0.496 e. The summed E-state index contributed by atoms with van der Waals surface area (Å²) in [5.74, 6) is 1.55. The SMILES string of the molecule is COc1ccccc1C1CC(NCC2(O)CCOC2)C1. The van der Waals surface area contributed by atoms with E-state index in [1.54, 1.807) is 7.11 Å². The van der Waals surface area contributed by atoms with Gasteiger partial charge in [0.25, 0.3) is 0 Å². The average molecular weight is 277 g/mol. The number of hydrogen-bond acceptors (Lipinski definition) is 4. The van der Waals surface area contributed by atoms with Gasteiger partial charge < -0.3 is 19.9 Å². The Morgan fingerprint density at radius 2 is 2.20 bits per heavy atom. The Bertz CT molecular complexity index is 451. The van der Waals surface area contributed by atoms with Crippen molar-refractivity contribution in [2.24, 2.45) is 0 Å². The number of hydrogen-bond donors (Lipinski definition) is 2. The van der Waals surface area contributed by atoms with Crippen molar-refractivity contribution in [2.45, 2.75) is 36.8 Å². The molecule has 0 bridgehead atoms. The number of rotatable bonds is 5. The minimum atomic E-state index is -0.657. The van der Waals surface area contributed by atoms with Gasteiger partial charge in [-0.2, -0.15) is 0 Å². The fraction of sp³-hybridized carbons (Fsp3) is 0.625. The molecule has 1 atom stereocenters. The highest BCUT2D eigenvalue weighted by Gasteiger charge is 2.36. The van der Waals surface area contributed by atoms with Crippen LogP contribution in [0.2, 0.25) is 0 Å². The van der Waals surface area contributed by atoms with Gasteiger partial charge in [0.2, 0.25) is 0 Å². The summed E-state index contributed by atoms with van der Waals surface area (Å²) in [7, 11) is 1.73. The first kappa shape index (κ1) is 13.9. The van der Waals surface area contributed by atoms with Crippen LogP contribution in [0.1, 0.15) is 30.7 Å². The van der Waals surface area contributed by atoms with Crippen molar-refractivity contribution >= 4 is 0 Å². The summed E-state index contributed by atoms with van der Waals surface area (Å²) >= 11 is 0. The first-order chi connectivity index (χ1) is 9.70. The van der Waals surface area contributed by atoms with E-state index in [-0.39, 0.29) is 0 Å². The number of benzene rings is 1. The third-order valence-electron chi connectivity index (χ3n) is 4.52. The first-order valence-corrected chi connectivity index (χ1v) is 7.37. The predicted molar refractivity (Wildman–Crippen MR) is 77.1 cm³/mol. The maximum atomic E-state index is 10.2. The molecule has 0 spiro atoms. The van der Waals surface area contributed by atoms with E-state index in [4.69, 9.17) is 9.47 Å². The topological polar surface area (TPSA) is 50.7 Å². The molecule has 1 saturated carbocycles. The molecule has 2 N–H and O–H groups in total. The van der Waals surface area contributed by atoms with Gasteiger partial charge in [0.15, 0.2) is 0 Å². The van der Waals surface area contributed by atoms with Crippen LogP contribution in [0.5, 0.6) is 5.75 Å². The molecule has 1 aliphatic heterocycles. The summed E-state index contributed by atoms with van der Waals surface area (Å²) in [5.41, 5.74) is 0.645. The Labute approximate surface area is 120 Å². The van der Waals surface area contributed by atoms with Crippen LogP contribution >= 0.6 is 0 Å². The molecule has 1 aromatic rings. The molecule has 1 heterocycles. The van der Waals surface area contributed by atoms with E-state index >= 15 is 0 Å². The molecule has 1 saturated heterocycles. The summed E-state index contributed by atoms with van der Waals surface area (Å²) in [5, 5.41) is 13.7. The molecule has 20 heavy (non-hydrogen) atoms. The lowest BCUT2D eigenvalue weighted by atomic mass is 9.75. The molecule has 0 aromatic heterocycles. The van der Waals surface area contributed by atoms with Crippen LogP contribution in [0.3, 0.4) is 0 Å². The molecule has 2 fully saturated rings. The van der Waals surface area contributed by atoms with Crippen LogP contribution in [0.25, 0.3) is 0 Å².